The van der Waals surface area contributed by atoms with Crippen molar-refractivity contribution in [3.63, 3.8) is 0 Å². The van der Waals surface area contributed by atoms with Crippen molar-refractivity contribution in [1.29, 1.82) is 0 Å². The Labute approximate surface area is 121 Å². The third-order valence-electron chi connectivity index (χ3n) is 3.64. The van der Waals surface area contributed by atoms with E-state index >= 15 is 0 Å². The average Bonchev–Trinajstić information content (AvgIpc) is 2.77. The Morgan fingerprint density at radius 2 is 2.05 bits per heavy atom. The third kappa shape index (κ3) is 2.52. The molecule has 0 bridgehead atoms. The topological polar surface area (TPSA) is 12.0 Å². The number of rotatable bonds is 2. The smallest absolute Gasteiger partial charge is 0.137 e. The van der Waals surface area contributed by atoms with Crippen molar-refractivity contribution in [1.82, 2.24) is 0 Å². The molecular formula is C16H15BrFN. The summed E-state index contributed by atoms with van der Waals surface area (Å²) in [5, 5.41) is 3.50. The van der Waals surface area contributed by atoms with Crippen molar-refractivity contribution in [3.8, 4) is 0 Å². The van der Waals surface area contributed by atoms with Gasteiger partial charge >= 0.3 is 0 Å². The molecule has 0 aliphatic heterocycles. The minimum atomic E-state index is -0.229. The van der Waals surface area contributed by atoms with E-state index in [1.54, 1.807) is 12.1 Å². The molecule has 1 aliphatic rings. The third-order valence-corrected chi connectivity index (χ3v) is 4.25. The fraction of sp³-hybridized carbons (Fsp3) is 0.250. The van der Waals surface area contributed by atoms with E-state index < -0.39 is 0 Å². The lowest BCUT2D eigenvalue weighted by atomic mass is 10.0. The van der Waals surface area contributed by atoms with Gasteiger partial charge in [-0.25, -0.2) is 4.39 Å². The quantitative estimate of drug-likeness (QED) is 0.821. The lowest BCUT2D eigenvalue weighted by molar-refractivity contribution is 0.621. The summed E-state index contributed by atoms with van der Waals surface area (Å²) >= 11 is 3.22. The van der Waals surface area contributed by atoms with Gasteiger partial charge in [0.25, 0.3) is 0 Å². The molecule has 0 heterocycles. The largest absolute Gasteiger partial charge is 0.378 e. The summed E-state index contributed by atoms with van der Waals surface area (Å²) in [4.78, 5) is 0. The highest BCUT2D eigenvalue weighted by atomic mass is 79.9. The lowest BCUT2D eigenvalue weighted by Crippen LogP contribution is -2.07. The molecule has 2 aromatic rings. The van der Waals surface area contributed by atoms with Gasteiger partial charge in [0.2, 0.25) is 0 Å². The van der Waals surface area contributed by atoms with Crippen LogP contribution in [0.15, 0.2) is 40.9 Å². The van der Waals surface area contributed by atoms with Crippen LogP contribution in [0.3, 0.4) is 0 Å². The van der Waals surface area contributed by atoms with Crippen LogP contribution in [0.2, 0.25) is 0 Å². The molecular weight excluding hydrogens is 305 g/mol. The highest BCUT2D eigenvalue weighted by Crippen LogP contribution is 2.35. The van der Waals surface area contributed by atoms with Crippen molar-refractivity contribution >= 4 is 21.6 Å². The fourth-order valence-corrected chi connectivity index (χ4v) is 3.04. The molecule has 0 amide bonds. The van der Waals surface area contributed by atoms with Gasteiger partial charge in [-0.1, -0.05) is 23.8 Å². The Hall–Kier alpha value is -1.35. The van der Waals surface area contributed by atoms with Gasteiger partial charge in [0.05, 0.1) is 10.5 Å². The summed E-state index contributed by atoms with van der Waals surface area (Å²) in [5.41, 5.74) is 5.03. The van der Waals surface area contributed by atoms with E-state index in [1.807, 2.05) is 0 Å². The Kier molecular flexibility index (Phi) is 3.31. The standard InChI is InChI=1S/C16H15BrFN/c1-10-2-3-11-4-7-16(13(11)8-10)19-12-5-6-15(18)14(17)9-12/h2-3,5-6,8-9,16,19H,4,7H2,1H3. The molecule has 0 saturated carbocycles. The molecule has 2 aromatic carbocycles. The molecule has 0 saturated heterocycles. The number of benzene rings is 2. The molecule has 1 aliphatic carbocycles. The number of fused-ring (bicyclic) bond motifs is 1. The van der Waals surface area contributed by atoms with Crippen LogP contribution >= 0.6 is 15.9 Å². The van der Waals surface area contributed by atoms with Crippen LogP contribution in [-0.2, 0) is 6.42 Å². The van der Waals surface area contributed by atoms with Gasteiger partial charge in [0.1, 0.15) is 5.82 Å². The molecule has 19 heavy (non-hydrogen) atoms. The van der Waals surface area contributed by atoms with Crippen LogP contribution in [0.1, 0.15) is 29.2 Å². The predicted octanol–water partition coefficient (Wildman–Crippen LogP) is 5.00. The van der Waals surface area contributed by atoms with Crippen molar-refractivity contribution < 1.29 is 4.39 Å². The van der Waals surface area contributed by atoms with Gasteiger partial charge < -0.3 is 5.32 Å². The second kappa shape index (κ2) is 4.97. The molecule has 1 N–H and O–H groups in total. The second-order valence-corrected chi connectivity index (χ2v) is 5.92. The number of aryl methyl sites for hydroxylation is 2. The first-order chi connectivity index (χ1) is 9.13. The summed E-state index contributed by atoms with van der Waals surface area (Å²) in [7, 11) is 0. The summed E-state index contributed by atoms with van der Waals surface area (Å²) < 4.78 is 13.7. The van der Waals surface area contributed by atoms with Gasteiger partial charge in [-0.15, -0.1) is 0 Å². The first-order valence-electron chi connectivity index (χ1n) is 6.44. The molecule has 98 valence electrons. The van der Waals surface area contributed by atoms with E-state index in [4.69, 9.17) is 0 Å². The highest BCUT2D eigenvalue weighted by Gasteiger charge is 2.22. The van der Waals surface area contributed by atoms with Crippen molar-refractivity contribution in [3.05, 3.63) is 63.4 Å². The summed E-state index contributed by atoms with van der Waals surface area (Å²) in [5.74, 6) is -0.229. The van der Waals surface area contributed by atoms with E-state index in [9.17, 15) is 4.39 Å². The van der Waals surface area contributed by atoms with Crippen molar-refractivity contribution in [2.75, 3.05) is 5.32 Å². The maximum Gasteiger partial charge on any atom is 0.137 e. The zero-order chi connectivity index (χ0) is 13.4. The molecule has 3 heteroatoms. The molecule has 1 nitrogen and oxygen atoms in total. The van der Waals surface area contributed by atoms with E-state index in [0.717, 1.165) is 18.5 Å². The molecule has 0 spiro atoms. The molecule has 0 fully saturated rings. The highest BCUT2D eigenvalue weighted by molar-refractivity contribution is 9.10. The second-order valence-electron chi connectivity index (χ2n) is 5.07. The van der Waals surface area contributed by atoms with Crippen LogP contribution in [-0.4, -0.2) is 0 Å². The van der Waals surface area contributed by atoms with E-state index in [0.29, 0.717) is 10.5 Å². The fourth-order valence-electron chi connectivity index (χ4n) is 2.66. The lowest BCUT2D eigenvalue weighted by Gasteiger charge is -2.16. The average molecular weight is 320 g/mol. The zero-order valence-corrected chi connectivity index (χ0v) is 12.3. The number of anilines is 1. The predicted molar refractivity (Wildman–Crippen MR) is 80.0 cm³/mol. The zero-order valence-electron chi connectivity index (χ0n) is 10.7. The Morgan fingerprint density at radius 1 is 1.21 bits per heavy atom. The van der Waals surface area contributed by atoms with Crippen LogP contribution in [0.25, 0.3) is 0 Å². The number of halogens is 2. The molecule has 3 rings (SSSR count). The van der Waals surface area contributed by atoms with Crippen molar-refractivity contribution in [2.24, 2.45) is 0 Å². The minimum absolute atomic E-state index is 0.229. The minimum Gasteiger partial charge on any atom is -0.378 e. The summed E-state index contributed by atoms with van der Waals surface area (Å²) in [6, 6.07) is 12.0. The van der Waals surface area contributed by atoms with E-state index in [-0.39, 0.29) is 5.82 Å². The summed E-state index contributed by atoms with van der Waals surface area (Å²) in [6.45, 7) is 2.12. The SMILES string of the molecule is Cc1ccc2c(c1)C(Nc1ccc(F)c(Br)c1)CC2. The molecule has 0 aromatic heterocycles. The number of hydrogen-bond acceptors (Lipinski definition) is 1. The van der Waals surface area contributed by atoms with E-state index in [1.165, 1.54) is 22.8 Å². The Balaban J connectivity index is 1.86. The monoisotopic (exact) mass is 319 g/mol. The summed E-state index contributed by atoms with van der Waals surface area (Å²) in [6.07, 6.45) is 2.20. The molecule has 0 radical (unpaired) electrons. The van der Waals surface area contributed by atoms with Gasteiger partial charge in [0.15, 0.2) is 0 Å². The van der Waals surface area contributed by atoms with Gasteiger partial charge in [-0.3, -0.25) is 0 Å². The van der Waals surface area contributed by atoms with Crippen LogP contribution in [0.4, 0.5) is 10.1 Å². The maximum atomic E-state index is 13.2. The van der Waals surface area contributed by atoms with Crippen LogP contribution in [0.5, 0.6) is 0 Å². The molecule has 1 unspecified atom stereocenters. The number of hydrogen-bond donors (Lipinski definition) is 1. The van der Waals surface area contributed by atoms with Crippen molar-refractivity contribution in [2.45, 2.75) is 25.8 Å². The first-order valence-corrected chi connectivity index (χ1v) is 7.24. The van der Waals surface area contributed by atoms with Gasteiger partial charge in [-0.2, -0.15) is 0 Å². The van der Waals surface area contributed by atoms with Gasteiger partial charge in [-0.05, 0) is 65.0 Å². The van der Waals surface area contributed by atoms with Crippen LogP contribution in [0, 0.1) is 12.7 Å². The van der Waals surface area contributed by atoms with Crippen LogP contribution < -0.4 is 5.32 Å². The Morgan fingerprint density at radius 3 is 2.84 bits per heavy atom. The maximum absolute atomic E-state index is 13.2. The first kappa shape index (κ1) is 12.7. The number of nitrogens with one attached hydrogen (secondary N) is 1. The normalized spacial score (nSPS) is 17.3. The van der Waals surface area contributed by atoms with Gasteiger partial charge in [0, 0.05) is 5.69 Å². The Bertz CT molecular complexity index is 624. The molecule has 1 atom stereocenters. The van der Waals surface area contributed by atoms with E-state index in [2.05, 4.69) is 46.4 Å².